The minimum Gasteiger partial charge on any atom is -0.490 e. The van der Waals surface area contributed by atoms with Crippen molar-refractivity contribution in [2.45, 2.75) is 12.5 Å². The lowest BCUT2D eigenvalue weighted by Crippen LogP contribution is -2.16. The van der Waals surface area contributed by atoms with Crippen molar-refractivity contribution < 1.29 is 19.2 Å². The van der Waals surface area contributed by atoms with Crippen LogP contribution in [-0.2, 0) is 9.53 Å². The van der Waals surface area contributed by atoms with E-state index < -0.39 is 16.9 Å². The molecule has 0 heterocycles. The number of rotatable bonds is 5. The van der Waals surface area contributed by atoms with E-state index in [0.717, 1.165) is 0 Å². The highest BCUT2D eigenvalue weighted by Gasteiger charge is 2.19. The maximum absolute atomic E-state index is 11.1. The van der Waals surface area contributed by atoms with Crippen molar-refractivity contribution in [2.24, 2.45) is 5.73 Å². The molecular formula is C11H15ClN2O5. The molecule has 8 heteroatoms. The van der Waals surface area contributed by atoms with Crippen LogP contribution in [-0.4, -0.2) is 25.1 Å². The Morgan fingerprint density at radius 2 is 2.11 bits per heavy atom. The van der Waals surface area contributed by atoms with Crippen molar-refractivity contribution in [1.82, 2.24) is 0 Å². The van der Waals surface area contributed by atoms with Gasteiger partial charge in [0.15, 0.2) is 5.75 Å². The number of halogens is 1. The van der Waals surface area contributed by atoms with Gasteiger partial charge in [-0.1, -0.05) is 6.07 Å². The van der Waals surface area contributed by atoms with E-state index in [9.17, 15) is 14.9 Å². The van der Waals surface area contributed by atoms with Gasteiger partial charge in [-0.3, -0.25) is 14.9 Å². The summed E-state index contributed by atoms with van der Waals surface area (Å²) in [6.07, 6.45) is -0.0417. The molecule has 0 aromatic heterocycles. The Balaban J connectivity index is 0.00000324. The fraction of sp³-hybridized carbons (Fsp3) is 0.364. The SMILES string of the molecule is COC(=O)C[C@H](N)c1ccc(OC)c([N+](=O)[O-])c1.Cl. The number of hydrogen-bond acceptors (Lipinski definition) is 6. The Labute approximate surface area is 116 Å². The second-order valence-corrected chi connectivity index (χ2v) is 3.58. The Bertz CT molecular complexity index is 466. The van der Waals surface area contributed by atoms with Gasteiger partial charge in [0.05, 0.1) is 25.6 Å². The quantitative estimate of drug-likeness (QED) is 0.501. The van der Waals surface area contributed by atoms with Crippen molar-refractivity contribution in [2.75, 3.05) is 14.2 Å². The maximum Gasteiger partial charge on any atom is 0.311 e. The lowest BCUT2D eigenvalue weighted by molar-refractivity contribution is -0.385. The van der Waals surface area contributed by atoms with Gasteiger partial charge in [0.2, 0.25) is 0 Å². The summed E-state index contributed by atoms with van der Waals surface area (Å²) in [5.41, 5.74) is 6.06. The van der Waals surface area contributed by atoms with E-state index in [-0.39, 0.29) is 30.3 Å². The summed E-state index contributed by atoms with van der Waals surface area (Å²) in [7, 11) is 2.60. The monoisotopic (exact) mass is 290 g/mol. The topological polar surface area (TPSA) is 105 Å². The van der Waals surface area contributed by atoms with E-state index in [1.807, 2.05) is 0 Å². The van der Waals surface area contributed by atoms with E-state index in [2.05, 4.69) is 4.74 Å². The molecule has 0 unspecified atom stereocenters. The van der Waals surface area contributed by atoms with Gasteiger partial charge in [-0.25, -0.2) is 0 Å². The van der Waals surface area contributed by atoms with E-state index in [4.69, 9.17) is 10.5 Å². The highest BCUT2D eigenvalue weighted by atomic mass is 35.5. The Morgan fingerprint density at radius 3 is 2.58 bits per heavy atom. The van der Waals surface area contributed by atoms with Gasteiger partial charge in [-0.05, 0) is 11.6 Å². The van der Waals surface area contributed by atoms with Crippen LogP contribution < -0.4 is 10.5 Å². The zero-order chi connectivity index (χ0) is 13.7. The smallest absolute Gasteiger partial charge is 0.311 e. The maximum atomic E-state index is 11.1. The molecular weight excluding hydrogens is 276 g/mol. The molecule has 0 amide bonds. The van der Waals surface area contributed by atoms with Crippen LogP contribution in [0.25, 0.3) is 0 Å². The zero-order valence-corrected chi connectivity index (χ0v) is 11.3. The number of methoxy groups -OCH3 is 2. The summed E-state index contributed by atoms with van der Waals surface area (Å²) in [6, 6.07) is 3.68. The fourth-order valence-corrected chi connectivity index (χ4v) is 1.46. The Hall–Kier alpha value is -1.86. The van der Waals surface area contributed by atoms with Crippen LogP contribution in [0.1, 0.15) is 18.0 Å². The van der Waals surface area contributed by atoms with Crippen LogP contribution in [0.4, 0.5) is 5.69 Å². The molecule has 0 spiro atoms. The predicted octanol–water partition coefficient (Wildman–Crippen LogP) is 1.59. The first-order chi connectivity index (χ1) is 8.49. The molecule has 0 aliphatic rings. The third kappa shape index (κ3) is 4.38. The lowest BCUT2D eigenvalue weighted by atomic mass is 10.0. The molecule has 0 saturated carbocycles. The minimum absolute atomic E-state index is 0. The summed E-state index contributed by atoms with van der Waals surface area (Å²) in [4.78, 5) is 21.3. The molecule has 1 aromatic carbocycles. The molecule has 1 aromatic rings. The molecule has 1 rings (SSSR count). The summed E-state index contributed by atoms with van der Waals surface area (Å²) >= 11 is 0. The van der Waals surface area contributed by atoms with Gasteiger partial charge < -0.3 is 15.2 Å². The molecule has 0 bridgehead atoms. The molecule has 0 radical (unpaired) electrons. The van der Waals surface area contributed by atoms with Crippen molar-refractivity contribution >= 4 is 24.1 Å². The third-order valence-corrected chi connectivity index (χ3v) is 2.44. The second kappa shape index (κ2) is 7.55. The van der Waals surface area contributed by atoms with Crippen LogP contribution in [0, 0.1) is 10.1 Å². The zero-order valence-electron chi connectivity index (χ0n) is 10.5. The van der Waals surface area contributed by atoms with Crippen molar-refractivity contribution in [3.8, 4) is 5.75 Å². The average Bonchev–Trinajstić information content (AvgIpc) is 2.37. The van der Waals surface area contributed by atoms with Gasteiger partial charge in [-0.2, -0.15) is 0 Å². The Kier molecular flexibility index (Phi) is 6.81. The average molecular weight is 291 g/mol. The number of benzene rings is 1. The normalized spacial score (nSPS) is 11.1. The van der Waals surface area contributed by atoms with Crippen molar-refractivity contribution in [1.29, 1.82) is 0 Å². The van der Waals surface area contributed by atoms with E-state index >= 15 is 0 Å². The van der Waals surface area contributed by atoms with Gasteiger partial charge >= 0.3 is 11.7 Å². The number of nitrogens with zero attached hydrogens (tertiary/aromatic N) is 1. The van der Waals surface area contributed by atoms with Crippen LogP contribution in [0.2, 0.25) is 0 Å². The van der Waals surface area contributed by atoms with Gasteiger partial charge in [0.25, 0.3) is 0 Å². The number of carbonyl (C=O) groups excluding carboxylic acids is 1. The molecule has 0 aliphatic carbocycles. The number of hydrogen-bond donors (Lipinski definition) is 1. The third-order valence-electron chi connectivity index (χ3n) is 2.44. The molecule has 2 N–H and O–H groups in total. The summed E-state index contributed by atoms with van der Waals surface area (Å²) in [5, 5.41) is 10.8. The fourth-order valence-electron chi connectivity index (χ4n) is 1.46. The molecule has 0 aliphatic heterocycles. The van der Waals surface area contributed by atoms with Gasteiger partial charge in [0.1, 0.15) is 0 Å². The predicted molar refractivity (Wildman–Crippen MR) is 70.5 cm³/mol. The van der Waals surface area contributed by atoms with E-state index in [1.54, 1.807) is 6.07 Å². The van der Waals surface area contributed by atoms with Crippen LogP contribution in [0.3, 0.4) is 0 Å². The largest absolute Gasteiger partial charge is 0.490 e. The molecule has 1 atom stereocenters. The first-order valence-electron chi connectivity index (χ1n) is 5.14. The highest BCUT2D eigenvalue weighted by molar-refractivity contribution is 5.85. The second-order valence-electron chi connectivity index (χ2n) is 3.58. The first-order valence-corrected chi connectivity index (χ1v) is 5.14. The van der Waals surface area contributed by atoms with Crippen molar-refractivity contribution in [3.05, 3.63) is 33.9 Å². The molecule has 0 saturated heterocycles. The Morgan fingerprint density at radius 1 is 1.47 bits per heavy atom. The highest BCUT2D eigenvalue weighted by Crippen LogP contribution is 2.30. The van der Waals surface area contributed by atoms with Crippen LogP contribution in [0.15, 0.2) is 18.2 Å². The van der Waals surface area contributed by atoms with Crippen LogP contribution >= 0.6 is 12.4 Å². The van der Waals surface area contributed by atoms with Gasteiger partial charge in [-0.15, -0.1) is 12.4 Å². The number of ether oxygens (including phenoxy) is 2. The molecule has 19 heavy (non-hydrogen) atoms. The van der Waals surface area contributed by atoms with E-state index in [0.29, 0.717) is 5.56 Å². The van der Waals surface area contributed by atoms with Crippen LogP contribution in [0.5, 0.6) is 5.75 Å². The number of nitrogens with two attached hydrogens (primary N) is 1. The number of nitro groups is 1. The number of nitro benzene ring substituents is 1. The summed E-state index contributed by atoms with van der Waals surface area (Å²) in [5.74, 6) is -0.324. The first kappa shape index (κ1) is 17.1. The molecule has 0 fully saturated rings. The molecule has 106 valence electrons. The number of esters is 1. The van der Waals surface area contributed by atoms with Crippen molar-refractivity contribution in [3.63, 3.8) is 0 Å². The minimum atomic E-state index is -0.651. The summed E-state index contributed by atoms with van der Waals surface area (Å²) in [6.45, 7) is 0. The van der Waals surface area contributed by atoms with E-state index in [1.165, 1.54) is 26.4 Å². The molecule has 7 nitrogen and oxygen atoms in total. The van der Waals surface area contributed by atoms with Gasteiger partial charge in [0, 0.05) is 12.1 Å². The lowest BCUT2D eigenvalue weighted by Gasteiger charge is -2.11. The standard InChI is InChI=1S/C11H14N2O5.ClH/c1-17-10-4-3-7(5-9(10)13(15)16)8(12)6-11(14)18-2;/h3-5,8H,6,12H2,1-2H3;1H/t8-;/m0./s1. The summed E-state index contributed by atoms with van der Waals surface area (Å²) < 4.78 is 9.36. The number of carbonyl (C=O) groups is 1.